The van der Waals surface area contributed by atoms with Crippen LogP contribution in [0.4, 0.5) is 0 Å². The minimum Gasteiger partial charge on any atom is -0.377 e. The summed E-state index contributed by atoms with van der Waals surface area (Å²) in [5.74, 6) is 0. The summed E-state index contributed by atoms with van der Waals surface area (Å²) < 4.78 is 5.36. The number of hydrogen-bond donors (Lipinski definition) is 0. The summed E-state index contributed by atoms with van der Waals surface area (Å²) in [7, 11) is 0. The Bertz CT molecular complexity index is 301. The number of nitriles is 1. The first-order chi connectivity index (χ1) is 6.38. The van der Waals surface area contributed by atoms with Crippen LogP contribution < -0.4 is 0 Å². The van der Waals surface area contributed by atoms with Crippen molar-refractivity contribution >= 4 is 0 Å². The number of rotatable bonds is 4. The minimum absolute atomic E-state index is 0.539. The summed E-state index contributed by atoms with van der Waals surface area (Å²) in [5, 5.41) is 8.77. The third-order valence-electron chi connectivity index (χ3n) is 1.74. The number of nitrogens with zero attached hydrogens (tertiary/aromatic N) is 1. The van der Waals surface area contributed by atoms with Crippen molar-refractivity contribution in [3.8, 4) is 6.07 Å². The molecule has 1 rings (SSSR count). The molecular formula is C11H13NO. The lowest BCUT2D eigenvalue weighted by atomic mass is 10.1. The standard InChI is InChI=1S/C11H13NO/c1-2-7-13-9-11-6-4-3-5-10(11)8-12/h3-6H,2,7,9H2,1H3. The lowest BCUT2D eigenvalue weighted by Gasteiger charge is -2.03. The molecule has 1 aromatic rings. The van der Waals surface area contributed by atoms with Gasteiger partial charge in [0.25, 0.3) is 0 Å². The molecule has 0 aliphatic rings. The molecule has 0 bridgehead atoms. The summed E-state index contributed by atoms with van der Waals surface area (Å²) in [6.45, 7) is 3.35. The highest BCUT2D eigenvalue weighted by Crippen LogP contribution is 2.08. The van der Waals surface area contributed by atoms with Crippen LogP contribution >= 0.6 is 0 Å². The van der Waals surface area contributed by atoms with Crippen LogP contribution in [0.25, 0.3) is 0 Å². The highest BCUT2D eigenvalue weighted by Gasteiger charge is 1.99. The Balaban J connectivity index is 2.60. The van der Waals surface area contributed by atoms with Gasteiger partial charge in [-0.15, -0.1) is 0 Å². The van der Waals surface area contributed by atoms with Crippen LogP contribution in [0.2, 0.25) is 0 Å². The van der Waals surface area contributed by atoms with E-state index in [1.54, 1.807) is 0 Å². The molecule has 0 spiro atoms. The van der Waals surface area contributed by atoms with Crippen LogP contribution in [-0.2, 0) is 11.3 Å². The first kappa shape index (κ1) is 9.76. The summed E-state index contributed by atoms with van der Waals surface area (Å²) in [6.07, 6.45) is 1.01. The Morgan fingerprint density at radius 1 is 1.38 bits per heavy atom. The molecule has 0 amide bonds. The lowest BCUT2D eigenvalue weighted by Crippen LogP contribution is -1.96. The fourth-order valence-corrected chi connectivity index (χ4v) is 1.08. The second kappa shape index (κ2) is 5.34. The van der Waals surface area contributed by atoms with Crippen LogP contribution in [-0.4, -0.2) is 6.61 Å². The molecular weight excluding hydrogens is 162 g/mol. The highest BCUT2D eigenvalue weighted by molar-refractivity contribution is 5.36. The summed E-state index contributed by atoms with van der Waals surface area (Å²) >= 11 is 0. The summed E-state index contributed by atoms with van der Waals surface area (Å²) in [6, 6.07) is 9.66. The highest BCUT2D eigenvalue weighted by atomic mass is 16.5. The van der Waals surface area contributed by atoms with Gasteiger partial charge in [0.05, 0.1) is 18.2 Å². The predicted octanol–water partition coefficient (Wildman–Crippen LogP) is 2.48. The minimum atomic E-state index is 0.539. The van der Waals surface area contributed by atoms with Crippen LogP contribution in [0.3, 0.4) is 0 Å². The lowest BCUT2D eigenvalue weighted by molar-refractivity contribution is 0.121. The van der Waals surface area contributed by atoms with E-state index in [1.165, 1.54) is 0 Å². The Labute approximate surface area is 78.8 Å². The van der Waals surface area contributed by atoms with Gasteiger partial charge in [0.2, 0.25) is 0 Å². The molecule has 1 aromatic carbocycles. The van der Waals surface area contributed by atoms with E-state index in [9.17, 15) is 0 Å². The van der Waals surface area contributed by atoms with Gasteiger partial charge in [0, 0.05) is 6.61 Å². The van der Waals surface area contributed by atoms with E-state index >= 15 is 0 Å². The van der Waals surface area contributed by atoms with Gasteiger partial charge >= 0.3 is 0 Å². The van der Waals surface area contributed by atoms with Gasteiger partial charge in [-0.2, -0.15) is 5.26 Å². The first-order valence-electron chi connectivity index (χ1n) is 4.44. The molecule has 0 radical (unpaired) electrons. The normalized spacial score (nSPS) is 9.54. The Morgan fingerprint density at radius 2 is 2.15 bits per heavy atom. The molecule has 13 heavy (non-hydrogen) atoms. The monoisotopic (exact) mass is 175 g/mol. The van der Waals surface area contributed by atoms with E-state index in [2.05, 4.69) is 13.0 Å². The van der Waals surface area contributed by atoms with Crippen LogP contribution in [0.5, 0.6) is 0 Å². The first-order valence-corrected chi connectivity index (χ1v) is 4.44. The molecule has 0 aliphatic heterocycles. The Morgan fingerprint density at radius 3 is 2.85 bits per heavy atom. The van der Waals surface area contributed by atoms with Crippen LogP contribution in [0.15, 0.2) is 24.3 Å². The molecule has 0 heterocycles. The van der Waals surface area contributed by atoms with E-state index in [-0.39, 0.29) is 0 Å². The van der Waals surface area contributed by atoms with Gasteiger partial charge in [-0.05, 0) is 18.1 Å². The zero-order valence-corrected chi connectivity index (χ0v) is 7.79. The van der Waals surface area contributed by atoms with Crippen LogP contribution in [0.1, 0.15) is 24.5 Å². The Kier molecular flexibility index (Phi) is 4.01. The molecule has 68 valence electrons. The van der Waals surface area contributed by atoms with E-state index in [0.717, 1.165) is 18.6 Å². The average Bonchev–Trinajstić information content (AvgIpc) is 2.19. The van der Waals surface area contributed by atoms with E-state index < -0.39 is 0 Å². The fraction of sp³-hybridized carbons (Fsp3) is 0.364. The summed E-state index contributed by atoms with van der Waals surface area (Å²) in [4.78, 5) is 0. The molecule has 0 unspecified atom stereocenters. The second-order valence-corrected chi connectivity index (χ2v) is 2.82. The molecule has 0 atom stereocenters. The number of ether oxygens (including phenoxy) is 1. The zero-order valence-electron chi connectivity index (χ0n) is 7.79. The molecule has 2 nitrogen and oxygen atoms in total. The van der Waals surface area contributed by atoms with Gasteiger partial charge < -0.3 is 4.74 Å². The second-order valence-electron chi connectivity index (χ2n) is 2.82. The molecule has 0 saturated carbocycles. The third kappa shape index (κ3) is 2.89. The van der Waals surface area contributed by atoms with Crippen molar-refractivity contribution < 1.29 is 4.74 Å². The maximum Gasteiger partial charge on any atom is 0.0995 e. The van der Waals surface area contributed by atoms with Crippen LogP contribution in [0, 0.1) is 11.3 Å². The maximum absolute atomic E-state index is 8.77. The molecule has 0 saturated heterocycles. The van der Waals surface area contributed by atoms with Crippen molar-refractivity contribution in [2.75, 3.05) is 6.61 Å². The Hall–Kier alpha value is -1.33. The average molecular weight is 175 g/mol. The quantitative estimate of drug-likeness (QED) is 0.658. The van der Waals surface area contributed by atoms with Gasteiger partial charge in [-0.25, -0.2) is 0 Å². The van der Waals surface area contributed by atoms with Crippen molar-refractivity contribution in [2.45, 2.75) is 20.0 Å². The predicted molar refractivity (Wildman–Crippen MR) is 51.1 cm³/mol. The largest absolute Gasteiger partial charge is 0.377 e. The SMILES string of the molecule is CCCOCc1ccccc1C#N. The molecule has 0 aliphatic carbocycles. The zero-order chi connectivity index (χ0) is 9.52. The van der Waals surface area contributed by atoms with Gasteiger partial charge in [0.15, 0.2) is 0 Å². The third-order valence-corrected chi connectivity index (χ3v) is 1.74. The maximum atomic E-state index is 8.77. The molecule has 2 heteroatoms. The van der Waals surface area contributed by atoms with Crippen molar-refractivity contribution in [3.05, 3.63) is 35.4 Å². The van der Waals surface area contributed by atoms with E-state index in [1.807, 2.05) is 24.3 Å². The fourth-order valence-electron chi connectivity index (χ4n) is 1.08. The van der Waals surface area contributed by atoms with E-state index in [4.69, 9.17) is 10.00 Å². The van der Waals surface area contributed by atoms with Crippen molar-refractivity contribution in [1.29, 1.82) is 5.26 Å². The van der Waals surface area contributed by atoms with Crippen molar-refractivity contribution in [1.82, 2.24) is 0 Å². The van der Waals surface area contributed by atoms with Crippen molar-refractivity contribution in [3.63, 3.8) is 0 Å². The number of benzene rings is 1. The van der Waals surface area contributed by atoms with Gasteiger partial charge in [-0.1, -0.05) is 25.1 Å². The van der Waals surface area contributed by atoms with E-state index in [0.29, 0.717) is 12.2 Å². The number of hydrogen-bond acceptors (Lipinski definition) is 2. The molecule has 0 aromatic heterocycles. The summed E-state index contributed by atoms with van der Waals surface area (Å²) in [5.41, 5.74) is 1.68. The molecule has 0 fully saturated rings. The van der Waals surface area contributed by atoms with Gasteiger partial charge in [-0.3, -0.25) is 0 Å². The topological polar surface area (TPSA) is 33.0 Å². The smallest absolute Gasteiger partial charge is 0.0995 e. The van der Waals surface area contributed by atoms with Crippen molar-refractivity contribution in [2.24, 2.45) is 0 Å². The van der Waals surface area contributed by atoms with Gasteiger partial charge in [0.1, 0.15) is 0 Å². The molecule has 0 N–H and O–H groups in total.